The summed E-state index contributed by atoms with van der Waals surface area (Å²) in [6, 6.07) is 5.51. The molecule has 1 aliphatic heterocycles. The smallest absolute Gasteiger partial charge is 0.407 e. The van der Waals surface area contributed by atoms with E-state index in [0.717, 1.165) is 29.8 Å². The number of anilines is 1. The maximum Gasteiger partial charge on any atom is 0.407 e. The number of amides is 1. The van der Waals surface area contributed by atoms with E-state index in [4.69, 9.17) is 14.0 Å². The molecule has 0 bridgehead atoms. The van der Waals surface area contributed by atoms with Crippen LogP contribution in [0.1, 0.15) is 42.4 Å². The molecule has 32 heavy (non-hydrogen) atoms. The minimum Gasteiger partial charge on any atom is -0.461 e. The molecule has 3 atom stereocenters. The van der Waals surface area contributed by atoms with E-state index < -0.39 is 12.1 Å². The van der Waals surface area contributed by atoms with Crippen molar-refractivity contribution in [3.63, 3.8) is 0 Å². The van der Waals surface area contributed by atoms with Gasteiger partial charge in [0.05, 0.1) is 6.61 Å². The molecule has 0 unspecified atom stereocenters. The van der Waals surface area contributed by atoms with Gasteiger partial charge >= 0.3 is 12.1 Å². The van der Waals surface area contributed by atoms with Crippen molar-refractivity contribution in [3.8, 4) is 0 Å². The third-order valence-electron chi connectivity index (χ3n) is 6.10. The Hall–Kier alpha value is -2.62. The molecule has 9 nitrogen and oxygen atoms in total. The molecule has 172 valence electrons. The van der Waals surface area contributed by atoms with Gasteiger partial charge in [-0.15, -0.1) is 0 Å². The van der Waals surface area contributed by atoms with Crippen molar-refractivity contribution in [2.45, 2.75) is 32.8 Å². The standard InChI is InChI=1S/C22H27BrN4O5/c1-2-30-21(28)19-9-18(32-26-19)13-31-22(29)24-6-5-14-7-15-11-27(12-16(15)8-14)20-4-3-17(23)10-25-20/h3-4,9-10,14-16H,2,5-8,11-13H2,1H3,(H,24,29)/t14-,15-,16+. The Kier molecular flexibility index (Phi) is 7.29. The summed E-state index contributed by atoms with van der Waals surface area (Å²) >= 11 is 3.43. The van der Waals surface area contributed by atoms with Gasteiger partial charge in [-0.05, 0) is 72.0 Å². The van der Waals surface area contributed by atoms with Gasteiger partial charge in [-0.3, -0.25) is 0 Å². The van der Waals surface area contributed by atoms with Gasteiger partial charge in [0.1, 0.15) is 5.82 Å². The van der Waals surface area contributed by atoms with Crippen LogP contribution in [0.5, 0.6) is 0 Å². The molecular weight excluding hydrogens is 480 g/mol. The second kappa shape index (κ2) is 10.3. The molecule has 2 aromatic rings. The number of esters is 1. The van der Waals surface area contributed by atoms with E-state index in [-0.39, 0.29) is 24.7 Å². The van der Waals surface area contributed by atoms with E-state index in [1.54, 1.807) is 6.92 Å². The zero-order valence-electron chi connectivity index (χ0n) is 18.0. The highest BCUT2D eigenvalue weighted by Crippen LogP contribution is 2.43. The highest BCUT2D eigenvalue weighted by Gasteiger charge is 2.40. The highest BCUT2D eigenvalue weighted by molar-refractivity contribution is 9.10. The van der Waals surface area contributed by atoms with Crippen LogP contribution in [0.4, 0.5) is 10.6 Å². The lowest BCUT2D eigenvalue weighted by Crippen LogP contribution is -2.27. The first-order valence-corrected chi connectivity index (χ1v) is 11.7. The van der Waals surface area contributed by atoms with E-state index in [1.165, 1.54) is 18.9 Å². The Labute approximate surface area is 194 Å². The predicted octanol–water partition coefficient (Wildman–Crippen LogP) is 3.79. The zero-order chi connectivity index (χ0) is 22.5. The topological polar surface area (TPSA) is 107 Å². The number of ether oxygens (including phenoxy) is 2. The van der Waals surface area contributed by atoms with E-state index in [1.807, 2.05) is 12.3 Å². The second-order valence-corrected chi connectivity index (χ2v) is 9.20. The summed E-state index contributed by atoms with van der Waals surface area (Å²) in [6.07, 6.45) is 4.64. The number of hydrogen-bond donors (Lipinski definition) is 1. The van der Waals surface area contributed by atoms with Crippen LogP contribution >= 0.6 is 15.9 Å². The summed E-state index contributed by atoms with van der Waals surface area (Å²) in [5.41, 5.74) is 0.0621. The van der Waals surface area contributed by atoms with Gasteiger partial charge < -0.3 is 24.2 Å². The maximum absolute atomic E-state index is 11.9. The fraction of sp³-hybridized carbons (Fsp3) is 0.545. The van der Waals surface area contributed by atoms with Gasteiger partial charge in [-0.2, -0.15) is 0 Å². The van der Waals surface area contributed by atoms with Crippen LogP contribution in [0, 0.1) is 17.8 Å². The van der Waals surface area contributed by atoms with E-state index >= 15 is 0 Å². The number of alkyl carbamates (subject to hydrolysis) is 1. The van der Waals surface area contributed by atoms with Crippen LogP contribution in [0.25, 0.3) is 0 Å². The minimum atomic E-state index is -0.565. The third kappa shape index (κ3) is 5.59. The largest absolute Gasteiger partial charge is 0.461 e. The summed E-state index contributed by atoms with van der Waals surface area (Å²) in [4.78, 5) is 30.4. The van der Waals surface area contributed by atoms with Crippen molar-refractivity contribution < 1.29 is 23.6 Å². The first kappa shape index (κ1) is 22.6. The average molecular weight is 507 g/mol. The number of halogens is 1. The van der Waals surface area contributed by atoms with Crippen molar-refractivity contribution in [2.24, 2.45) is 17.8 Å². The molecule has 2 aromatic heterocycles. The summed E-state index contributed by atoms with van der Waals surface area (Å²) in [5.74, 6) is 2.77. The van der Waals surface area contributed by atoms with E-state index in [2.05, 4.69) is 42.4 Å². The minimum absolute atomic E-state index is 0.0621. The van der Waals surface area contributed by atoms with Gasteiger partial charge in [0.2, 0.25) is 0 Å². The van der Waals surface area contributed by atoms with Crippen LogP contribution in [0.15, 0.2) is 33.4 Å². The van der Waals surface area contributed by atoms with Crippen LogP contribution in [0.3, 0.4) is 0 Å². The van der Waals surface area contributed by atoms with Crippen LogP contribution in [-0.2, 0) is 16.1 Å². The molecule has 0 spiro atoms. The molecule has 1 aliphatic carbocycles. The van der Waals surface area contributed by atoms with Crippen molar-refractivity contribution in [1.82, 2.24) is 15.5 Å². The second-order valence-electron chi connectivity index (χ2n) is 8.29. The number of nitrogens with one attached hydrogen (secondary N) is 1. The van der Waals surface area contributed by atoms with Gasteiger partial charge in [0.15, 0.2) is 18.1 Å². The molecule has 1 saturated carbocycles. The van der Waals surface area contributed by atoms with Crippen LogP contribution in [-0.4, -0.2) is 48.4 Å². The normalized spacial score (nSPS) is 21.9. The lowest BCUT2D eigenvalue weighted by Gasteiger charge is -2.20. The number of carbonyl (C=O) groups excluding carboxylic acids is 2. The van der Waals surface area contributed by atoms with E-state index in [9.17, 15) is 9.59 Å². The Bertz CT molecular complexity index is 921. The van der Waals surface area contributed by atoms with Gasteiger partial charge in [0, 0.05) is 36.4 Å². The molecule has 2 fully saturated rings. The molecule has 2 aliphatic rings. The van der Waals surface area contributed by atoms with E-state index in [0.29, 0.717) is 24.3 Å². The SMILES string of the molecule is CCOC(=O)c1cc(COC(=O)NCC[C@@H]2C[C@@H]3CN(c4ccc(Br)cn4)C[C@@H]3C2)on1. The lowest BCUT2D eigenvalue weighted by molar-refractivity contribution is 0.0514. The van der Waals surface area contributed by atoms with Crippen molar-refractivity contribution in [2.75, 3.05) is 31.1 Å². The highest BCUT2D eigenvalue weighted by atomic mass is 79.9. The molecule has 0 radical (unpaired) electrons. The number of nitrogens with zero attached hydrogens (tertiary/aromatic N) is 3. The van der Waals surface area contributed by atoms with Gasteiger partial charge in [-0.1, -0.05) is 5.16 Å². The number of aromatic nitrogens is 2. The Morgan fingerprint density at radius 1 is 1.25 bits per heavy atom. The van der Waals surface area contributed by atoms with Gasteiger partial charge in [-0.25, -0.2) is 14.6 Å². The summed E-state index contributed by atoms with van der Waals surface area (Å²) in [7, 11) is 0. The van der Waals surface area contributed by atoms with Gasteiger partial charge in [0.25, 0.3) is 0 Å². The van der Waals surface area contributed by atoms with Crippen molar-refractivity contribution in [3.05, 3.63) is 40.3 Å². The first-order chi connectivity index (χ1) is 15.5. The molecule has 10 heteroatoms. The Balaban J connectivity index is 1.12. The molecule has 4 rings (SSSR count). The van der Waals surface area contributed by atoms with Crippen molar-refractivity contribution >= 4 is 33.8 Å². The molecular formula is C22H27BrN4O5. The molecule has 0 aromatic carbocycles. The monoisotopic (exact) mass is 506 g/mol. The number of pyridine rings is 1. The number of carbonyl (C=O) groups is 2. The molecule has 3 heterocycles. The number of rotatable bonds is 8. The lowest BCUT2D eigenvalue weighted by atomic mass is 10.0. The summed E-state index contributed by atoms with van der Waals surface area (Å²) in [6.45, 7) is 4.55. The Morgan fingerprint density at radius 3 is 2.72 bits per heavy atom. The fourth-order valence-corrected chi connectivity index (χ4v) is 4.89. The fourth-order valence-electron chi connectivity index (χ4n) is 4.65. The average Bonchev–Trinajstić information content (AvgIpc) is 3.48. The molecule has 1 amide bonds. The quantitative estimate of drug-likeness (QED) is 0.538. The first-order valence-electron chi connectivity index (χ1n) is 10.9. The summed E-state index contributed by atoms with van der Waals surface area (Å²) in [5, 5.41) is 6.41. The number of hydrogen-bond acceptors (Lipinski definition) is 8. The maximum atomic E-state index is 11.9. The third-order valence-corrected chi connectivity index (χ3v) is 6.56. The Morgan fingerprint density at radius 2 is 2.03 bits per heavy atom. The predicted molar refractivity (Wildman–Crippen MR) is 119 cm³/mol. The summed E-state index contributed by atoms with van der Waals surface area (Å²) < 4.78 is 16.0. The molecule has 1 N–H and O–H groups in total. The molecule has 1 saturated heterocycles. The zero-order valence-corrected chi connectivity index (χ0v) is 19.5. The van der Waals surface area contributed by atoms with Crippen molar-refractivity contribution in [1.29, 1.82) is 0 Å². The number of fused-ring (bicyclic) bond motifs is 1. The van der Waals surface area contributed by atoms with Crippen LogP contribution < -0.4 is 10.2 Å². The van der Waals surface area contributed by atoms with Crippen LogP contribution in [0.2, 0.25) is 0 Å².